The minimum atomic E-state index is -0.367. The molecular formula is C21H13FN4S. The van der Waals surface area contributed by atoms with Gasteiger partial charge >= 0.3 is 0 Å². The van der Waals surface area contributed by atoms with E-state index in [1.165, 1.54) is 17.7 Å². The molecule has 130 valence electrons. The van der Waals surface area contributed by atoms with Gasteiger partial charge < -0.3 is 5.73 Å². The smallest absolute Gasteiger partial charge is 0.157 e. The molecule has 0 aliphatic rings. The molecule has 27 heavy (non-hydrogen) atoms. The van der Waals surface area contributed by atoms with Crippen LogP contribution in [0, 0.1) is 5.82 Å². The number of thiophene rings is 1. The lowest BCUT2D eigenvalue weighted by Crippen LogP contribution is -1.94. The van der Waals surface area contributed by atoms with Crippen LogP contribution in [0.4, 0.5) is 10.2 Å². The van der Waals surface area contributed by atoms with Crippen LogP contribution in [0.2, 0.25) is 0 Å². The molecule has 6 heteroatoms. The molecular weight excluding hydrogens is 359 g/mol. The van der Waals surface area contributed by atoms with Crippen LogP contribution < -0.4 is 5.73 Å². The quantitative estimate of drug-likeness (QED) is 0.457. The van der Waals surface area contributed by atoms with Crippen molar-refractivity contribution in [3.05, 3.63) is 72.1 Å². The molecule has 0 fully saturated rings. The summed E-state index contributed by atoms with van der Waals surface area (Å²) in [5.41, 5.74) is 9.18. The van der Waals surface area contributed by atoms with Gasteiger partial charge in [-0.2, -0.15) is 0 Å². The van der Waals surface area contributed by atoms with Crippen LogP contribution in [0.3, 0.4) is 0 Å². The first-order valence-electron chi connectivity index (χ1n) is 8.35. The fourth-order valence-electron chi connectivity index (χ4n) is 3.23. The number of nitrogens with two attached hydrogens (primary N) is 1. The molecule has 0 radical (unpaired) electrons. The molecule has 0 saturated carbocycles. The van der Waals surface area contributed by atoms with Gasteiger partial charge in [0.2, 0.25) is 0 Å². The predicted octanol–water partition coefficient (Wildman–Crippen LogP) is 5.29. The largest absolute Gasteiger partial charge is 0.383 e. The topological polar surface area (TPSA) is 64.7 Å². The van der Waals surface area contributed by atoms with Crippen LogP contribution in [-0.4, -0.2) is 15.0 Å². The van der Waals surface area contributed by atoms with E-state index in [4.69, 9.17) is 5.73 Å². The van der Waals surface area contributed by atoms with E-state index in [1.54, 1.807) is 6.07 Å². The number of fused-ring (bicyclic) bond motifs is 2. The third-order valence-electron chi connectivity index (χ3n) is 4.56. The van der Waals surface area contributed by atoms with Crippen molar-refractivity contribution in [2.75, 3.05) is 5.73 Å². The molecule has 0 amide bonds. The van der Waals surface area contributed by atoms with Crippen LogP contribution >= 0.6 is 11.3 Å². The van der Waals surface area contributed by atoms with Gasteiger partial charge in [0, 0.05) is 27.5 Å². The number of aromatic nitrogens is 3. The summed E-state index contributed by atoms with van der Waals surface area (Å²) in [5, 5.41) is 3.29. The minimum Gasteiger partial charge on any atom is -0.383 e. The highest BCUT2D eigenvalue weighted by Crippen LogP contribution is 2.38. The van der Waals surface area contributed by atoms with Crippen molar-refractivity contribution < 1.29 is 4.39 Å². The summed E-state index contributed by atoms with van der Waals surface area (Å²) in [6.07, 6.45) is 1.42. The standard InChI is InChI=1S/C21H13FN4S/c22-18-14(15-10-27-21-17(15)20(23)24-11-25-21)8-6-13-7-9-16(26-19(13)18)12-4-2-1-3-5-12/h1-11H,(H2,23,24,25). The van der Waals surface area contributed by atoms with E-state index < -0.39 is 0 Å². The molecule has 2 N–H and O–H groups in total. The Hall–Kier alpha value is -3.38. The Labute approximate surface area is 158 Å². The van der Waals surface area contributed by atoms with Crippen molar-refractivity contribution in [2.45, 2.75) is 0 Å². The number of benzene rings is 2. The molecule has 0 saturated heterocycles. The second-order valence-corrected chi connectivity index (χ2v) is 7.01. The van der Waals surface area contributed by atoms with Crippen molar-refractivity contribution in [2.24, 2.45) is 0 Å². The highest BCUT2D eigenvalue weighted by atomic mass is 32.1. The normalized spacial score (nSPS) is 11.3. The number of nitrogens with zero attached hydrogens (tertiary/aromatic N) is 3. The zero-order valence-electron chi connectivity index (χ0n) is 14.1. The van der Waals surface area contributed by atoms with Crippen LogP contribution in [0.1, 0.15) is 0 Å². The Kier molecular flexibility index (Phi) is 3.58. The fraction of sp³-hybridized carbons (Fsp3) is 0. The molecule has 5 rings (SSSR count). The van der Waals surface area contributed by atoms with E-state index in [0.717, 1.165) is 21.5 Å². The van der Waals surface area contributed by atoms with Gasteiger partial charge in [-0.15, -0.1) is 11.3 Å². The fourth-order valence-corrected chi connectivity index (χ4v) is 4.14. The van der Waals surface area contributed by atoms with Crippen LogP contribution in [0.5, 0.6) is 0 Å². The maximum absolute atomic E-state index is 15.4. The van der Waals surface area contributed by atoms with Crippen molar-refractivity contribution in [1.29, 1.82) is 0 Å². The number of hydrogen-bond acceptors (Lipinski definition) is 5. The lowest BCUT2D eigenvalue weighted by Gasteiger charge is -2.08. The van der Waals surface area contributed by atoms with Gasteiger partial charge in [0.05, 0.1) is 11.1 Å². The van der Waals surface area contributed by atoms with Gasteiger partial charge in [-0.1, -0.05) is 48.5 Å². The number of halogens is 1. The van der Waals surface area contributed by atoms with E-state index in [9.17, 15) is 0 Å². The molecule has 0 aliphatic heterocycles. The highest BCUT2D eigenvalue weighted by Gasteiger charge is 2.17. The first kappa shape index (κ1) is 15.8. The lowest BCUT2D eigenvalue weighted by molar-refractivity contribution is 0.640. The summed E-state index contributed by atoms with van der Waals surface area (Å²) in [4.78, 5) is 13.6. The SMILES string of the molecule is Nc1ncnc2scc(-c3ccc4ccc(-c5ccccc5)nc4c3F)c12. The van der Waals surface area contributed by atoms with E-state index in [1.807, 2.05) is 53.9 Å². The average Bonchev–Trinajstić information content (AvgIpc) is 3.14. The van der Waals surface area contributed by atoms with Crippen LogP contribution in [-0.2, 0) is 0 Å². The van der Waals surface area contributed by atoms with Crippen molar-refractivity contribution in [3.8, 4) is 22.4 Å². The minimum absolute atomic E-state index is 0.337. The summed E-state index contributed by atoms with van der Waals surface area (Å²) in [7, 11) is 0. The van der Waals surface area contributed by atoms with E-state index >= 15 is 4.39 Å². The number of anilines is 1. The number of nitrogen functional groups attached to an aromatic ring is 1. The second kappa shape index (κ2) is 6.10. The first-order valence-corrected chi connectivity index (χ1v) is 9.23. The van der Waals surface area contributed by atoms with E-state index in [0.29, 0.717) is 27.8 Å². The van der Waals surface area contributed by atoms with E-state index in [2.05, 4.69) is 15.0 Å². The van der Waals surface area contributed by atoms with Crippen LogP contribution in [0.25, 0.3) is 43.5 Å². The Morgan fingerprint density at radius 1 is 0.889 bits per heavy atom. The van der Waals surface area contributed by atoms with Gasteiger partial charge in [-0.25, -0.2) is 19.3 Å². The zero-order valence-corrected chi connectivity index (χ0v) is 14.9. The lowest BCUT2D eigenvalue weighted by atomic mass is 10.0. The molecule has 0 bridgehead atoms. The van der Waals surface area contributed by atoms with Gasteiger partial charge in [0.25, 0.3) is 0 Å². The van der Waals surface area contributed by atoms with Gasteiger partial charge in [0.1, 0.15) is 22.5 Å². The first-order chi connectivity index (χ1) is 13.2. The molecule has 3 heterocycles. The number of rotatable bonds is 2. The van der Waals surface area contributed by atoms with E-state index in [-0.39, 0.29) is 5.82 Å². The third-order valence-corrected chi connectivity index (χ3v) is 5.45. The van der Waals surface area contributed by atoms with Crippen molar-refractivity contribution >= 4 is 38.3 Å². The van der Waals surface area contributed by atoms with Crippen molar-refractivity contribution in [1.82, 2.24) is 15.0 Å². The number of pyridine rings is 1. The Morgan fingerprint density at radius 2 is 1.70 bits per heavy atom. The average molecular weight is 372 g/mol. The third kappa shape index (κ3) is 2.53. The van der Waals surface area contributed by atoms with Crippen molar-refractivity contribution in [3.63, 3.8) is 0 Å². The Bertz CT molecular complexity index is 1300. The van der Waals surface area contributed by atoms with Gasteiger partial charge in [-0.05, 0) is 6.07 Å². The van der Waals surface area contributed by atoms with Gasteiger partial charge in [-0.3, -0.25) is 0 Å². The molecule has 0 unspecified atom stereocenters. The Balaban J connectivity index is 1.75. The molecule has 0 aliphatic carbocycles. The summed E-state index contributed by atoms with van der Waals surface area (Å²) >= 11 is 1.42. The summed E-state index contributed by atoms with van der Waals surface area (Å²) < 4.78 is 15.4. The molecule has 3 aromatic heterocycles. The molecule has 5 aromatic rings. The van der Waals surface area contributed by atoms with Gasteiger partial charge in [0.15, 0.2) is 5.82 Å². The molecule has 0 spiro atoms. The predicted molar refractivity (Wildman–Crippen MR) is 108 cm³/mol. The highest BCUT2D eigenvalue weighted by molar-refractivity contribution is 7.17. The Morgan fingerprint density at radius 3 is 2.56 bits per heavy atom. The summed E-state index contributed by atoms with van der Waals surface area (Å²) in [6, 6.07) is 17.2. The zero-order chi connectivity index (χ0) is 18.4. The maximum Gasteiger partial charge on any atom is 0.157 e. The molecule has 4 nitrogen and oxygen atoms in total. The summed E-state index contributed by atoms with van der Waals surface area (Å²) in [5.74, 6) is -0.0185. The molecule has 2 aromatic carbocycles. The molecule has 0 atom stereocenters. The maximum atomic E-state index is 15.4. The van der Waals surface area contributed by atoms with Crippen LogP contribution in [0.15, 0.2) is 66.3 Å². The monoisotopic (exact) mass is 372 g/mol. The number of hydrogen-bond donors (Lipinski definition) is 1. The summed E-state index contributed by atoms with van der Waals surface area (Å²) in [6.45, 7) is 0. The second-order valence-electron chi connectivity index (χ2n) is 6.15.